The number of nitrogens with zero attached hydrogens (tertiary/aromatic N) is 2. The van der Waals surface area contributed by atoms with E-state index in [1.807, 2.05) is 0 Å². The molecule has 1 unspecified atom stereocenters. The van der Waals surface area contributed by atoms with E-state index in [9.17, 15) is 4.79 Å². The van der Waals surface area contributed by atoms with Crippen LogP contribution in [0.3, 0.4) is 0 Å². The van der Waals surface area contributed by atoms with Gasteiger partial charge in [0.25, 0.3) is 5.91 Å². The van der Waals surface area contributed by atoms with Gasteiger partial charge in [-0.1, -0.05) is 11.6 Å². The van der Waals surface area contributed by atoms with Crippen molar-refractivity contribution in [1.82, 2.24) is 15.2 Å². The summed E-state index contributed by atoms with van der Waals surface area (Å²) in [6, 6.07) is 1.62. The second-order valence-electron chi connectivity index (χ2n) is 4.77. The Morgan fingerprint density at radius 3 is 3.32 bits per heavy atom. The fraction of sp³-hybridized carbons (Fsp3) is 0.538. The van der Waals surface area contributed by atoms with Crippen molar-refractivity contribution in [1.29, 1.82) is 0 Å². The minimum Gasteiger partial charge on any atom is -0.380 e. The van der Waals surface area contributed by atoms with E-state index in [0.717, 1.165) is 19.7 Å². The van der Waals surface area contributed by atoms with Gasteiger partial charge in [0.05, 0.1) is 23.8 Å². The number of hydrogen-bond donors (Lipinski definition) is 1. The van der Waals surface area contributed by atoms with Crippen LogP contribution in [0.25, 0.3) is 0 Å². The summed E-state index contributed by atoms with van der Waals surface area (Å²) in [6.07, 6.45) is 3.03. The lowest BCUT2D eigenvalue weighted by atomic mass is 10.1. The zero-order valence-electron chi connectivity index (χ0n) is 10.9. The SMILES string of the molecule is CN1CCOCC(CNC(=O)c2ccncc2Cl)C1. The monoisotopic (exact) mass is 283 g/mol. The van der Waals surface area contributed by atoms with Crippen LogP contribution < -0.4 is 5.32 Å². The smallest absolute Gasteiger partial charge is 0.252 e. The Labute approximate surface area is 117 Å². The van der Waals surface area contributed by atoms with Crippen molar-refractivity contribution in [3.8, 4) is 0 Å². The molecule has 1 amide bonds. The van der Waals surface area contributed by atoms with Crippen molar-refractivity contribution in [3.63, 3.8) is 0 Å². The van der Waals surface area contributed by atoms with Gasteiger partial charge in [-0.3, -0.25) is 9.78 Å². The number of carbonyl (C=O) groups excluding carboxylic acids is 1. The predicted octanol–water partition coefficient (Wildman–Crippen LogP) is 1.04. The largest absolute Gasteiger partial charge is 0.380 e. The summed E-state index contributed by atoms with van der Waals surface area (Å²) in [4.78, 5) is 18.1. The molecule has 0 spiro atoms. The number of rotatable bonds is 3. The Bertz CT molecular complexity index is 442. The van der Waals surface area contributed by atoms with E-state index in [2.05, 4.69) is 22.2 Å². The lowest BCUT2D eigenvalue weighted by molar-refractivity contribution is 0.0921. The number of carbonyl (C=O) groups is 1. The van der Waals surface area contributed by atoms with Gasteiger partial charge in [0.15, 0.2) is 0 Å². The average molecular weight is 284 g/mol. The Morgan fingerprint density at radius 1 is 1.68 bits per heavy atom. The quantitative estimate of drug-likeness (QED) is 0.901. The number of nitrogens with one attached hydrogen (secondary N) is 1. The summed E-state index contributed by atoms with van der Waals surface area (Å²) >= 11 is 5.93. The molecule has 0 aliphatic carbocycles. The van der Waals surface area contributed by atoms with E-state index in [-0.39, 0.29) is 5.91 Å². The van der Waals surface area contributed by atoms with E-state index in [1.54, 1.807) is 12.3 Å². The number of halogens is 1. The van der Waals surface area contributed by atoms with Gasteiger partial charge in [0.2, 0.25) is 0 Å². The van der Waals surface area contributed by atoms with Crippen molar-refractivity contribution < 1.29 is 9.53 Å². The maximum atomic E-state index is 12.0. The summed E-state index contributed by atoms with van der Waals surface area (Å²) in [5.74, 6) is 0.136. The molecular weight excluding hydrogens is 266 g/mol. The molecule has 1 fully saturated rings. The Hall–Kier alpha value is -1.17. The molecule has 104 valence electrons. The number of likely N-dealkylation sites (N-methyl/N-ethyl adjacent to an activating group) is 1. The first-order valence-electron chi connectivity index (χ1n) is 6.31. The molecule has 2 heterocycles. The fourth-order valence-corrected chi connectivity index (χ4v) is 2.28. The topological polar surface area (TPSA) is 54.5 Å². The van der Waals surface area contributed by atoms with Crippen LogP contribution in [0.15, 0.2) is 18.5 Å². The van der Waals surface area contributed by atoms with Crippen molar-refractivity contribution in [2.75, 3.05) is 39.9 Å². The van der Waals surface area contributed by atoms with E-state index in [1.165, 1.54) is 6.20 Å². The fourth-order valence-electron chi connectivity index (χ4n) is 2.07. The van der Waals surface area contributed by atoms with Gasteiger partial charge < -0.3 is 15.0 Å². The Kier molecular flexibility index (Phi) is 5.13. The van der Waals surface area contributed by atoms with Crippen molar-refractivity contribution in [2.45, 2.75) is 0 Å². The number of ether oxygens (including phenoxy) is 1. The van der Waals surface area contributed by atoms with Gasteiger partial charge in [-0.05, 0) is 13.1 Å². The third kappa shape index (κ3) is 4.16. The molecule has 5 nitrogen and oxygen atoms in total. The van der Waals surface area contributed by atoms with Gasteiger partial charge in [0.1, 0.15) is 0 Å². The van der Waals surface area contributed by atoms with Crippen LogP contribution >= 0.6 is 11.6 Å². The van der Waals surface area contributed by atoms with Gasteiger partial charge in [-0.25, -0.2) is 0 Å². The summed E-state index contributed by atoms with van der Waals surface area (Å²) in [5.41, 5.74) is 0.458. The van der Waals surface area contributed by atoms with Crippen molar-refractivity contribution in [2.24, 2.45) is 5.92 Å². The molecule has 1 aliphatic heterocycles. The van der Waals surface area contributed by atoms with E-state index < -0.39 is 0 Å². The molecule has 1 aromatic rings. The number of hydrogen-bond acceptors (Lipinski definition) is 4. The second kappa shape index (κ2) is 6.84. The lowest BCUT2D eigenvalue weighted by Gasteiger charge is -2.19. The van der Waals surface area contributed by atoms with Crippen LogP contribution in [0.1, 0.15) is 10.4 Å². The molecule has 2 rings (SSSR count). The summed E-state index contributed by atoms with van der Waals surface area (Å²) in [7, 11) is 2.06. The average Bonchev–Trinajstić information content (AvgIpc) is 2.61. The number of aromatic nitrogens is 1. The maximum absolute atomic E-state index is 12.0. The second-order valence-corrected chi connectivity index (χ2v) is 5.18. The lowest BCUT2D eigenvalue weighted by Crippen LogP contribution is -2.36. The molecule has 0 saturated carbocycles. The molecule has 1 aliphatic rings. The zero-order valence-corrected chi connectivity index (χ0v) is 11.7. The molecule has 1 atom stereocenters. The molecule has 0 bridgehead atoms. The molecule has 0 aromatic carbocycles. The van der Waals surface area contributed by atoms with Crippen molar-refractivity contribution >= 4 is 17.5 Å². The summed E-state index contributed by atoms with van der Waals surface area (Å²) in [5, 5.41) is 3.27. The molecule has 19 heavy (non-hydrogen) atoms. The highest BCUT2D eigenvalue weighted by Gasteiger charge is 2.18. The molecule has 1 saturated heterocycles. The van der Waals surface area contributed by atoms with Gasteiger partial charge in [-0.2, -0.15) is 0 Å². The van der Waals surface area contributed by atoms with E-state index >= 15 is 0 Å². The minimum absolute atomic E-state index is 0.167. The normalized spacial score (nSPS) is 20.8. The number of amides is 1. The first-order valence-corrected chi connectivity index (χ1v) is 6.68. The maximum Gasteiger partial charge on any atom is 0.252 e. The highest BCUT2D eigenvalue weighted by Crippen LogP contribution is 2.13. The highest BCUT2D eigenvalue weighted by molar-refractivity contribution is 6.33. The van der Waals surface area contributed by atoms with Crippen LogP contribution in [0.4, 0.5) is 0 Å². The van der Waals surface area contributed by atoms with E-state index in [0.29, 0.717) is 29.7 Å². The summed E-state index contributed by atoms with van der Waals surface area (Å²) in [6.45, 7) is 3.86. The highest BCUT2D eigenvalue weighted by atomic mass is 35.5. The summed E-state index contributed by atoms with van der Waals surface area (Å²) < 4.78 is 5.51. The van der Waals surface area contributed by atoms with Gasteiger partial charge in [0, 0.05) is 37.9 Å². The third-order valence-corrected chi connectivity index (χ3v) is 3.41. The molecular formula is C13H18ClN3O2. The van der Waals surface area contributed by atoms with Gasteiger partial charge >= 0.3 is 0 Å². The molecule has 0 radical (unpaired) electrons. The number of pyridine rings is 1. The van der Waals surface area contributed by atoms with Crippen LogP contribution in [0.5, 0.6) is 0 Å². The Morgan fingerprint density at radius 2 is 2.53 bits per heavy atom. The first-order chi connectivity index (χ1) is 9.16. The molecule has 1 N–H and O–H groups in total. The van der Waals surface area contributed by atoms with Gasteiger partial charge in [-0.15, -0.1) is 0 Å². The molecule has 1 aromatic heterocycles. The third-order valence-electron chi connectivity index (χ3n) is 3.11. The van der Waals surface area contributed by atoms with Crippen LogP contribution in [0, 0.1) is 5.92 Å². The minimum atomic E-state index is -0.167. The standard InChI is InChI=1S/C13H18ClN3O2/c1-17-4-5-19-9-10(8-17)6-16-13(18)11-2-3-15-7-12(11)14/h2-3,7,10H,4-6,8-9H2,1H3,(H,16,18). The predicted molar refractivity (Wildman–Crippen MR) is 73.4 cm³/mol. The van der Waals surface area contributed by atoms with Crippen molar-refractivity contribution in [3.05, 3.63) is 29.0 Å². The molecule has 6 heteroatoms. The van der Waals surface area contributed by atoms with Crippen LogP contribution in [-0.4, -0.2) is 55.7 Å². The van der Waals surface area contributed by atoms with E-state index in [4.69, 9.17) is 16.3 Å². The first kappa shape index (κ1) is 14.2. The zero-order chi connectivity index (χ0) is 13.7. The van der Waals surface area contributed by atoms with Crippen LogP contribution in [0.2, 0.25) is 5.02 Å². The Balaban J connectivity index is 1.88. The van der Waals surface area contributed by atoms with Crippen LogP contribution in [-0.2, 0) is 4.74 Å².